The Morgan fingerprint density at radius 3 is 3.14 bits per heavy atom. The molecule has 6 heteroatoms. The van der Waals surface area contributed by atoms with Crippen LogP contribution in [0.2, 0.25) is 0 Å². The van der Waals surface area contributed by atoms with Gasteiger partial charge in [0.2, 0.25) is 6.79 Å². The van der Waals surface area contributed by atoms with Crippen LogP contribution in [-0.2, 0) is 6.54 Å². The van der Waals surface area contributed by atoms with Gasteiger partial charge in [-0.15, -0.1) is 0 Å². The SMILES string of the molecule is CN=C(NCc1cccc2c1OCO2)NCC1CCCS1. The Kier molecular flexibility index (Phi) is 4.75. The Labute approximate surface area is 129 Å². The summed E-state index contributed by atoms with van der Waals surface area (Å²) in [6, 6.07) is 5.95. The maximum Gasteiger partial charge on any atom is 0.231 e. The molecule has 5 nitrogen and oxygen atoms in total. The molecule has 1 aromatic carbocycles. The monoisotopic (exact) mass is 307 g/mol. The highest BCUT2D eigenvalue weighted by molar-refractivity contribution is 8.00. The fourth-order valence-electron chi connectivity index (χ4n) is 2.55. The molecule has 2 aliphatic heterocycles. The molecule has 21 heavy (non-hydrogen) atoms. The summed E-state index contributed by atoms with van der Waals surface area (Å²) in [5.74, 6) is 3.77. The second kappa shape index (κ2) is 6.93. The third-order valence-corrected chi connectivity index (χ3v) is 5.07. The van der Waals surface area contributed by atoms with E-state index in [1.165, 1.54) is 18.6 Å². The number of nitrogens with one attached hydrogen (secondary N) is 2. The van der Waals surface area contributed by atoms with Gasteiger partial charge < -0.3 is 20.1 Å². The molecule has 0 bridgehead atoms. The van der Waals surface area contributed by atoms with E-state index in [2.05, 4.69) is 15.6 Å². The molecule has 0 aromatic heterocycles. The molecule has 0 radical (unpaired) electrons. The molecule has 0 amide bonds. The first kappa shape index (κ1) is 14.4. The first-order valence-corrected chi connectivity index (χ1v) is 8.35. The van der Waals surface area contributed by atoms with Gasteiger partial charge in [0.25, 0.3) is 0 Å². The molecule has 1 fully saturated rings. The minimum atomic E-state index is 0.304. The zero-order valence-corrected chi connectivity index (χ0v) is 13.0. The fraction of sp³-hybridized carbons (Fsp3) is 0.533. The number of ether oxygens (including phenoxy) is 2. The van der Waals surface area contributed by atoms with Crippen LogP contribution in [0.15, 0.2) is 23.2 Å². The van der Waals surface area contributed by atoms with E-state index in [4.69, 9.17) is 9.47 Å². The van der Waals surface area contributed by atoms with Gasteiger partial charge in [0.05, 0.1) is 0 Å². The third kappa shape index (κ3) is 3.56. The normalized spacial score (nSPS) is 20.6. The van der Waals surface area contributed by atoms with Crippen molar-refractivity contribution in [1.29, 1.82) is 0 Å². The van der Waals surface area contributed by atoms with Gasteiger partial charge in [-0.2, -0.15) is 11.8 Å². The van der Waals surface area contributed by atoms with Crippen molar-refractivity contribution in [2.24, 2.45) is 4.99 Å². The van der Waals surface area contributed by atoms with Crippen molar-refractivity contribution in [3.05, 3.63) is 23.8 Å². The van der Waals surface area contributed by atoms with Crippen molar-refractivity contribution in [3.63, 3.8) is 0 Å². The van der Waals surface area contributed by atoms with Crippen LogP contribution in [0.5, 0.6) is 11.5 Å². The average Bonchev–Trinajstić information content (AvgIpc) is 3.18. The maximum absolute atomic E-state index is 5.51. The summed E-state index contributed by atoms with van der Waals surface area (Å²) in [7, 11) is 1.80. The van der Waals surface area contributed by atoms with Crippen LogP contribution in [0.4, 0.5) is 0 Å². The Balaban J connectivity index is 1.52. The summed E-state index contributed by atoms with van der Waals surface area (Å²) in [6.45, 7) is 1.94. The molecule has 1 atom stereocenters. The standard InChI is InChI=1S/C15H21N3O2S/c1-16-15(18-9-12-5-3-7-21-12)17-8-11-4-2-6-13-14(11)20-10-19-13/h2,4,6,12H,3,5,7-10H2,1H3,(H2,16,17,18). The highest BCUT2D eigenvalue weighted by Gasteiger charge is 2.18. The molecule has 1 unspecified atom stereocenters. The second-order valence-electron chi connectivity index (χ2n) is 5.09. The molecule has 0 aliphatic carbocycles. The van der Waals surface area contributed by atoms with Gasteiger partial charge in [0, 0.05) is 31.0 Å². The van der Waals surface area contributed by atoms with Crippen molar-refractivity contribution in [2.45, 2.75) is 24.6 Å². The number of nitrogens with zero attached hydrogens (tertiary/aromatic N) is 1. The average molecular weight is 307 g/mol. The number of guanidine groups is 1. The van der Waals surface area contributed by atoms with Crippen molar-refractivity contribution in [2.75, 3.05) is 26.1 Å². The number of rotatable bonds is 4. The van der Waals surface area contributed by atoms with E-state index in [1.807, 2.05) is 30.0 Å². The van der Waals surface area contributed by atoms with Crippen LogP contribution in [0.3, 0.4) is 0 Å². The molecule has 1 aromatic rings. The lowest BCUT2D eigenvalue weighted by Crippen LogP contribution is -2.39. The zero-order chi connectivity index (χ0) is 14.5. The number of fused-ring (bicyclic) bond motifs is 1. The smallest absolute Gasteiger partial charge is 0.231 e. The van der Waals surface area contributed by atoms with E-state index in [-0.39, 0.29) is 0 Å². The number of hydrogen-bond acceptors (Lipinski definition) is 4. The minimum absolute atomic E-state index is 0.304. The number of thioether (sulfide) groups is 1. The predicted molar refractivity (Wildman–Crippen MR) is 86.2 cm³/mol. The Hall–Kier alpha value is -1.56. The van der Waals surface area contributed by atoms with Gasteiger partial charge in [-0.1, -0.05) is 12.1 Å². The third-order valence-electron chi connectivity index (χ3n) is 3.67. The van der Waals surface area contributed by atoms with E-state index >= 15 is 0 Å². The van der Waals surface area contributed by atoms with E-state index in [9.17, 15) is 0 Å². The molecular weight excluding hydrogens is 286 g/mol. The Bertz CT molecular complexity index is 516. The fourth-order valence-corrected chi connectivity index (χ4v) is 3.75. The van der Waals surface area contributed by atoms with Gasteiger partial charge in [-0.05, 0) is 24.7 Å². The quantitative estimate of drug-likeness (QED) is 0.658. The maximum atomic E-state index is 5.51. The van der Waals surface area contributed by atoms with Gasteiger partial charge in [-0.25, -0.2) is 0 Å². The summed E-state index contributed by atoms with van der Waals surface area (Å²) < 4.78 is 10.9. The van der Waals surface area contributed by atoms with Crippen LogP contribution in [0.1, 0.15) is 18.4 Å². The lowest BCUT2D eigenvalue weighted by atomic mass is 10.2. The number of hydrogen-bond donors (Lipinski definition) is 2. The first-order valence-electron chi connectivity index (χ1n) is 7.30. The van der Waals surface area contributed by atoms with E-state index in [0.717, 1.165) is 29.6 Å². The molecule has 1 saturated heterocycles. The number of benzene rings is 1. The molecular formula is C15H21N3O2S. The van der Waals surface area contributed by atoms with Crippen LogP contribution in [-0.4, -0.2) is 37.3 Å². The minimum Gasteiger partial charge on any atom is -0.454 e. The number of para-hydroxylation sites is 1. The summed E-state index contributed by atoms with van der Waals surface area (Å²) in [5, 5.41) is 7.44. The molecule has 0 saturated carbocycles. The summed E-state index contributed by atoms with van der Waals surface area (Å²) in [5.41, 5.74) is 1.09. The predicted octanol–water partition coefficient (Wildman–Crippen LogP) is 1.98. The first-order chi connectivity index (χ1) is 10.4. The second-order valence-corrected chi connectivity index (χ2v) is 6.50. The molecule has 2 heterocycles. The van der Waals surface area contributed by atoms with Crippen molar-refractivity contribution < 1.29 is 9.47 Å². The summed E-state index contributed by atoms with van der Waals surface area (Å²) in [6.07, 6.45) is 2.63. The van der Waals surface area contributed by atoms with E-state index in [0.29, 0.717) is 18.6 Å². The lowest BCUT2D eigenvalue weighted by molar-refractivity contribution is 0.173. The Morgan fingerprint density at radius 2 is 2.33 bits per heavy atom. The van der Waals surface area contributed by atoms with Gasteiger partial charge >= 0.3 is 0 Å². The summed E-state index contributed by atoms with van der Waals surface area (Å²) >= 11 is 2.04. The zero-order valence-electron chi connectivity index (χ0n) is 12.2. The van der Waals surface area contributed by atoms with Crippen LogP contribution >= 0.6 is 11.8 Å². The van der Waals surface area contributed by atoms with Gasteiger partial charge in [-0.3, -0.25) is 4.99 Å². The van der Waals surface area contributed by atoms with Crippen LogP contribution < -0.4 is 20.1 Å². The lowest BCUT2D eigenvalue weighted by Gasteiger charge is -2.15. The summed E-state index contributed by atoms with van der Waals surface area (Å²) in [4.78, 5) is 4.27. The molecule has 2 aliphatic rings. The van der Waals surface area contributed by atoms with Crippen LogP contribution in [0, 0.1) is 0 Å². The number of aliphatic imine (C=N–C) groups is 1. The molecule has 3 rings (SSSR count). The van der Waals surface area contributed by atoms with Crippen molar-refractivity contribution >= 4 is 17.7 Å². The molecule has 114 valence electrons. The highest BCUT2D eigenvalue weighted by Crippen LogP contribution is 2.35. The van der Waals surface area contributed by atoms with Gasteiger partial charge in [0.15, 0.2) is 17.5 Å². The topological polar surface area (TPSA) is 54.9 Å². The van der Waals surface area contributed by atoms with E-state index in [1.54, 1.807) is 7.05 Å². The van der Waals surface area contributed by atoms with E-state index < -0.39 is 0 Å². The largest absolute Gasteiger partial charge is 0.454 e. The Morgan fingerprint density at radius 1 is 1.38 bits per heavy atom. The molecule has 0 spiro atoms. The van der Waals surface area contributed by atoms with Crippen LogP contribution in [0.25, 0.3) is 0 Å². The highest BCUT2D eigenvalue weighted by atomic mass is 32.2. The van der Waals surface area contributed by atoms with Gasteiger partial charge in [0.1, 0.15) is 0 Å². The van der Waals surface area contributed by atoms with Crippen molar-refractivity contribution in [3.8, 4) is 11.5 Å². The van der Waals surface area contributed by atoms with Crippen molar-refractivity contribution in [1.82, 2.24) is 10.6 Å². The molecule has 2 N–H and O–H groups in total.